The van der Waals surface area contributed by atoms with Crippen LogP contribution in [0.4, 0.5) is 0 Å². The van der Waals surface area contributed by atoms with Gasteiger partial charge < -0.3 is 5.73 Å². The fourth-order valence-corrected chi connectivity index (χ4v) is 3.34. The molecule has 5 heteroatoms. The average molecular weight is 333 g/mol. The van der Waals surface area contributed by atoms with Crippen molar-refractivity contribution in [2.24, 2.45) is 5.73 Å². The van der Waals surface area contributed by atoms with Crippen molar-refractivity contribution in [3.63, 3.8) is 0 Å². The Morgan fingerprint density at radius 1 is 0.947 bits per heavy atom. The lowest BCUT2D eigenvalue weighted by Gasteiger charge is -2.16. The molecule has 2 rings (SSSR count). The topological polar surface area (TPSA) is 26.0 Å². The van der Waals surface area contributed by atoms with E-state index in [4.69, 9.17) is 40.5 Å². The largest absolute Gasteiger partial charge is 0.329 e. The van der Waals surface area contributed by atoms with Gasteiger partial charge >= 0.3 is 0 Å². The average Bonchev–Trinajstić information content (AvgIpc) is 2.41. The maximum absolute atomic E-state index is 6.17. The van der Waals surface area contributed by atoms with Gasteiger partial charge in [0.2, 0.25) is 0 Å². The first-order valence-corrected chi connectivity index (χ1v) is 7.68. The van der Waals surface area contributed by atoms with Crippen LogP contribution in [-0.4, -0.2) is 6.54 Å². The highest BCUT2D eigenvalue weighted by Crippen LogP contribution is 2.39. The third-order valence-electron chi connectivity index (χ3n) is 2.62. The Hall–Kier alpha value is -0.380. The minimum absolute atomic E-state index is 0.119. The van der Waals surface area contributed by atoms with Crippen LogP contribution in [0.1, 0.15) is 10.8 Å². The Bertz CT molecular complexity index is 557. The van der Waals surface area contributed by atoms with Gasteiger partial charge in [-0.3, -0.25) is 0 Å². The molecular formula is C14H12Cl3NS. The van der Waals surface area contributed by atoms with Crippen molar-refractivity contribution in [3.8, 4) is 0 Å². The quantitative estimate of drug-likeness (QED) is 0.754. The summed E-state index contributed by atoms with van der Waals surface area (Å²) in [7, 11) is 0. The maximum atomic E-state index is 6.17. The van der Waals surface area contributed by atoms with Crippen LogP contribution in [0.3, 0.4) is 0 Å². The van der Waals surface area contributed by atoms with E-state index in [0.29, 0.717) is 21.6 Å². The van der Waals surface area contributed by atoms with E-state index in [0.717, 1.165) is 10.5 Å². The lowest BCUT2D eigenvalue weighted by molar-refractivity contribution is 0.941. The van der Waals surface area contributed by atoms with Gasteiger partial charge in [-0.2, -0.15) is 0 Å². The summed E-state index contributed by atoms with van der Waals surface area (Å²) in [5, 5.41) is 2.18. The first-order chi connectivity index (χ1) is 9.10. The molecule has 0 aliphatic carbocycles. The Morgan fingerprint density at radius 3 is 2.21 bits per heavy atom. The molecule has 0 aliphatic rings. The summed E-state index contributed by atoms with van der Waals surface area (Å²) in [6.07, 6.45) is 0. The molecule has 0 amide bonds. The summed E-state index contributed by atoms with van der Waals surface area (Å²) in [5.74, 6) is 0. The second-order valence-corrected chi connectivity index (χ2v) is 6.49. The molecule has 0 bridgehead atoms. The van der Waals surface area contributed by atoms with E-state index in [1.54, 1.807) is 23.9 Å². The molecule has 1 atom stereocenters. The van der Waals surface area contributed by atoms with Gasteiger partial charge in [-0.05, 0) is 35.9 Å². The van der Waals surface area contributed by atoms with Crippen LogP contribution in [0.25, 0.3) is 0 Å². The van der Waals surface area contributed by atoms with Gasteiger partial charge in [0.05, 0.1) is 5.02 Å². The van der Waals surface area contributed by atoms with Crippen LogP contribution >= 0.6 is 46.6 Å². The molecule has 0 saturated heterocycles. The Balaban J connectivity index is 2.23. The van der Waals surface area contributed by atoms with Crippen LogP contribution in [0.5, 0.6) is 0 Å². The third kappa shape index (κ3) is 4.04. The van der Waals surface area contributed by atoms with Crippen molar-refractivity contribution in [3.05, 3.63) is 63.1 Å². The Morgan fingerprint density at radius 2 is 1.58 bits per heavy atom. The summed E-state index contributed by atoms with van der Waals surface area (Å²) in [4.78, 5) is 0.930. The van der Waals surface area contributed by atoms with Gasteiger partial charge in [0.1, 0.15) is 0 Å². The first-order valence-electron chi connectivity index (χ1n) is 5.67. The van der Waals surface area contributed by atoms with Crippen molar-refractivity contribution in [2.45, 2.75) is 10.1 Å². The monoisotopic (exact) mass is 331 g/mol. The van der Waals surface area contributed by atoms with Gasteiger partial charge in [-0.25, -0.2) is 0 Å². The number of benzene rings is 2. The van der Waals surface area contributed by atoms with Gasteiger partial charge in [0.25, 0.3) is 0 Å². The van der Waals surface area contributed by atoms with Crippen LogP contribution in [-0.2, 0) is 0 Å². The zero-order valence-electron chi connectivity index (χ0n) is 9.95. The normalized spacial score (nSPS) is 12.4. The van der Waals surface area contributed by atoms with Gasteiger partial charge in [-0.15, -0.1) is 11.8 Å². The molecule has 0 saturated carbocycles. The van der Waals surface area contributed by atoms with Gasteiger partial charge in [-0.1, -0.05) is 46.9 Å². The number of halogens is 3. The molecule has 0 heterocycles. The van der Waals surface area contributed by atoms with Crippen molar-refractivity contribution in [2.75, 3.05) is 6.54 Å². The highest BCUT2D eigenvalue weighted by atomic mass is 35.5. The molecule has 0 radical (unpaired) electrons. The predicted octanol–water partition coefficient (Wildman–Crippen LogP) is 5.44. The van der Waals surface area contributed by atoms with Gasteiger partial charge in [0.15, 0.2) is 0 Å². The summed E-state index contributed by atoms with van der Waals surface area (Å²) in [6, 6.07) is 13.1. The molecule has 0 aliphatic heterocycles. The number of nitrogens with two attached hydrogens (primary N) is 1. The van der Waals surface area contributed by atoms with E-state index in [1.807, 2.05) is 30.3 Å². The summed E-state index contributed by atoms with van der Waals surface area (Å²) in [5.41, 5.74) is 6.97. The number of hydrogen-bond acceptors (Lipinski definition) is 2. The van der Waals surface area contributed by atoms with Crippen molar-refractivity contribution >= 4 is 46.6 Å². The molecule has 100 valence electrons. The van der Waals surface area contributed by atoms with Crippen molar-refractivity contribution in [1.82, 2.24) is 0 Å². The summed E-state index contributed by atoms with van der Waals surface area (Å²) >= 11 is 19.7. The van der Waals surface area contributed by atoms with E-state index < -0.39 is 0 Å². The fraction of sp³-hybridized carbons (Fsp3) is 0.143. The zero-order chi connectivity index (χ0) is 13.8. The van der Waals surface area contributed by atoms with E-state index in [1.165, 1.54) is 0 Å². The smallest absolute Gasteiger partial charge is 0.0543 e. The third-order valence-corrected chi connectivity index (χ3v) is 4.89. The highest BCUT2D eigenvalue weighted by Gasteiger charge is 2.13. The fourth-order valence-electron chi connectivity index (χ4n) is 1.65. The van der Waals surface area contributed by atoms with Crippen molar-refractivity contribution < 1.29 is 0 Å². The predicted molar refractivity (Wildman–Crippen MR) is 85.6 cm³/mol. The molecule has 0 fully saturated rings. The molecule has 0 spiro atoms. The lowest BCUT2D eigenvalue weighted by atomic mass is 10.1. The molecule has 1 nitrogen and oxygen atoms in total. The van der Waals surface area contributed by atoms with Crippen LogP contribution in [0.2, 0.25) is 15.1 Å². The molecular weight excluding hydrogens is 321 g/mol. The molecule has 0 aromatic heterocycles. The number of hydrogen-bond donors (Lipinski definition) is 1. The van der Waals surface area contributed by atoms with E-state index in [9.17, 15) is 0 Å². The highest BCUT2D eigenvalue weighted by molar-refractivity contribution is 7.99. The molecule has 19 heavy (non-hydrogen) atoms. The Kier molecular flexibility index (Phi) is 5.43. The van der Waals surface area contributed by atoms with Gasteiger partial charge in [0, 0.05) is 26.7 Å². The second kappa shape index (κ2) is 6.87. The van der Waals surface area contributed by atoms with Crippen molar-refractivity contribution in [1.29, 1.82) is 0 Å². The standard InChI is InChI=1S/C14H12Cl3NS/c15-10-3-1-9(2-4-10)14(8-18)19-13-7-11(16)5-6-12(13)17/h1-7,14H,8,18H2. The molecule has 1 unspecified atom stereocenters. The number of rotatable bonds is 4. The maximum Gasteiger partial charge on any atom is 0.0543 e. The zero-order valence-corrected chi connectivity index (χ0v) is 13.0. The Labute approximate surface area is 132 Å². The minimum Gasteiger partial charge on any atom is -0.329 e. The van der Waals surface area contributed by atoms with E-state index in [-0.39, 0.29) is 5.25 Å². The molecule has 2 aromatic rings. The van der Waals surface area contributed by atoms with Crippen LogP contribution < -0.4 is 5.73 Å². The summed E-state index contributed by atoms with van der Waals surface area (Å²) in [6.45, 7) is 0.509. The second-order valence-electron chi connectivity index (χ2n) is 3.97. The minimum atomic E-state index is 0.119. The van der Waals surface area contributed by atoms with Crippen LogP contribution in [0.15, 0.2) is 47.4 Å². The number of thioether (sulfide) groups is 1. The van der Waals surface area contributed by atoms with E-state index in [2.05, 4.69) is 0 Å². The lowest BCUT2D eigenvalue weighted by Crippen LogP contribution is -2.09. The molecule has 2 N–H and O–H groups in total. The molecule has 2 aromatic carbocycles. The first kappa shape index (κ1) is 15.0. The van der Waals surface area contributed by atoms with E-state index >= 15 is 0 Å². The van der Waals surface area contributed by atoms with Crippen LogP contribution in [0, 0.1) is 0 Å². The SMILES string of the molecule is NCC(Sc1cc(Cl)ccc1Cl)c1ccc(Cl)cc1. The summed E-state index contributed by atoms with van der Waals surface area (Å²) < 4.78 is 0.